The van der Waals surface area contributed by atoms with Crippen LogP contribution in [0.4, 0.5) is 8.78 Å². The van der Waals surface area contributed by atoms with E-state index in [4.69, 9.17) is 0 Å². The first-order chi connectivity index (χ1) is 13.7. The monoisotopic (exact) mass is 395 g/mol. The maximum atomic E-state index is 13.6. The van der Waals surface area contributed by atoms with Crippen LogP contribution in [0.2, 0.25) is 0 Å². The number of nitriles is 1. The van der Waals surface area contributed by atoms with Gasteiger partial charge in [0, 0.05) is 26.6 Å². The first kappa shape index (κ1) is 20.2. The summed E-state index contributed by atoms with van der Waals surface area (Å²) in [5.41, 5.74) is -0.0446. The molecule has 2 amide bonds. The van der Waals surface area contributed by atoms with Crippen LogP contribution in [0.3, 0.4) is 0 Å². The van der Waals surface area contributed by atoms with Gasteiger partial charge in [-0.05, 0) is 42.3 Å². The third kappa shape index (κ3) is 3.61. The summed E-state index contributed by atoms with van der Waals surface area (Å²) in [6.07, 6.45) is 1.45. The van der Waals surface area contributed by atoms with Crippen molar-refractivity contribution < 1.29 is 18.4 Å². The van der Waals surface area contributed by atoms with Crippen LogP contribution in [0.25, 0.3) is 6.08 Å². The first-order valence-corrected chi connectivity index (χ1v) is 8.89. The molecule has 1 unspecified atom stereocenters. The Bertz CT molecular complexity index is 1050. The quantitative estimate of drug-likeness (QED) is 0.750. The highest BCUT2D eigenvalue weighted by molar-refractivity contribution is 6.08. The lowest BCUT2D eigenvalue weighted by Gasteiger charge is -2.45. The number of nitrogens with zero attached hydrogens (tertiary/aromatic N) is 3. The van der Waals surface area contributed by atoms with Crippen LogP contribution in [-0.2, 0) is 16.0 Å². The molecular weight excluding hydrogens is 376 g/mol. The number of piperazine rings is 1. The predicted molar refractivity (Wildman–Crippen MR) is 103 cm³/mol. The summed E-state index contributed by atoms with van der Waals surface area (Å²) in [5, 5.41) is 9.26. The summed E-state index contributed by atoms with van der Waals surface area (Å²) in [7, 11) is 2.95. The number of carbonyl (C=O) groups is 2. The molecule has 5 nitrogen and oxygen atoms in total. The Morgan fingerprint density at radius 2 is 1.72 bits per heavy atom. The number of halogens is 2. The molecule has 1 aliphatic heterocycles. The molecule has 29 heavy (non-hydrogen) atoms. The fraction of sp³-hybridized carbons (Fsp3) is 0.227. The minimum atomic E-state index is -1.32. The maximum Gasteiger partial charge on any atom is 0.271 e. The molecule has 1 atom stereocenters. The fourth-order valence-corrected chi connectivity index (χ4v) is 3.49. The molecule has 1 aliphatic rings. The van der Waals surface area contributed by atoms with E-state index in [0.29, 0.717) is 11.1 Å². The Morgan fingerprint density at radius 3 is 2.34 bits per heavy atom. The van der Waals surface area contributed by atoms with Crippen molar-refractivity contribution in [2.24, 2.45) is 0 Å². The third-order valence-corrected chi connectivity index (χ3v) is 5.23. The molecule has 0 saturated carbocycles. The maximum absolute atomic E-state index is 13.6. The van der Waals surface area contributed by atoms with E-state index in [9.17, 15) is 23.6 Å². The number of hydrogen-bond donors (Lipinski definition) is 0. The summed E-state index contributed by atoms with van der Waals surface area (Å²) in [6.45, 7) is 1.56. The van der Waals surface area contributed by atoms with E-state index < -0.39 is 29.0 Å². The van der Waals surface area contributed by atoms with E-state index in [-0.39, 0.29) is 17.7 Å². The number of likely N-dealkylation sites (N-methyl/N-ethyl adjacent to an activating group) is 2. The van der Waals surface area contributed by atoms with Gasteiger partial charge >= 0.3 is 0 Å². The Kier molecular flexibility index (Phi) is 5.21. The van der Waals surface area contributed by atoms with Gasteiger partial charge in [-0.15, -0.1) is 0 Å². The normalized spacial score (nSPS) is 20.9. The van der Waals surface area contributed by atoms with Crippen LogP contribution in [0.1, 0.15) is 23.6 Å². The number of rotatable bonds is 3. The molecule has 1 fully saturated rings. The van der Waals surface area contributed by atoms with Gasteiger partial charge in [0.25, 0.3) is 11.8 Å². The second-order valence-electron chi connectivity index (χ2n) is 7.19. The van der Waals surface area contributed by atoms with Gasteiger partial charge in [-0.2, -0.15) is 5.26 Å². The molecule has 0 bridgehead atoms. The zero-order chi connectivity index (χ0) is 21.3. The average molecular weight is 395 g/mol. The van der Waals surface area contributed by atoms with Crippen molar-refractivity contribution in [3.8, 4) is 6.07 Å². The van der Waals surface area contributed by atoms with Crippen LogP contribution in [-0.4, -0.2) is 41.2 Å². The van der Waals surface area contributed by atoms with E-state index in [2.05, 4.69) is 6.07 Å². The molecule has 0 spiro atoms. The second kappa shape index (κ2) is 7.47. The van der Waals surface area contributed by atoms with Crippen LogP contribution >= 0.6 is 0 Å². The lowest BCUT2D eigenvalue weighted by atomic mass is 9.86. The largest absolute Gasteiger partial charge is 0.326 e. The molecule has 0 aliphatic carbocycles. The Morgan fingerprint density at radius 1 is 1.10 bits per heavy atom. The van der Waals surface area contributed by atoms with Crippen LogP contribution in [0, 0.1) is 23.0 Å². The van der Waals surface area contributed by atoms with Gasteiger partial charge in [0.15, 0.2) is 0 Å². The van der Waals surface area contributed by atoms with Crippen molar-refractivity contribution in [2.45, 2.75) is 18.9 Å². The molecule has 2 aromatic rings. The van der Waals surface area contributed by atoms with Crippen molar-refractivity contribution in [1.82, 2.24) is 9.80 Å². The topological polar surface area (TPSA) is 64.4 Å². The van der Waals surface area contributed by atoms with Gasteiger partial charge in [0.1, 0.15) is 22.9 Å². The molecule has 0 aromatic heterocycles. The second-order valence-corrected chi connectivity index (χ2v) is 7.19. The highest BCUT2D eigenvalue weighted by atomic mass is 19.1. The Labute approximate surface area is 167 Å². The van der Waals surface area contributed by atoms with E-state index in [1.54, 1.807) is 31.2 Å². The number of amides is 2. The van der Waals surface area contributed by atoms with Crippen molar-refractivity contribution in [2.75, 3.05) is 14.1 Å². The van der Waals surface area contributed by atoms with Crippen LogP contribution in [0.5, 0.6) is 0 Å². The van der Waals surface area contributed by atoms with Crippen LogP contribution < -0.4 is 0 Å². The van der Waals surface area contributed by atoms with Crippen molar-refractivity contribution in [3.63, 3.8) is 0 Å². The predicted octanol–water partition coefficient (Wildman–Crippen LogP) is 3.11. The highest BCUT2D eigenvalue weighted by Gasteiger charge is 2.48. The van der Waals surface area contributed by atoms with Gasteiger partial charge < -0.3 is 9.80 Å². The lowest BCUT2D eigenvalue weighted by Crippen LogP contribution is -2.64. The minimum Gasteiger partial charge on any atom is -0.326 e. The van der Waals surface area contributed by atoms with Gasteiger partial charge in [-0.3, -0.25) is 9.59 Å². The summed E-state index contributed by atoms with van der Waals surface area (Å²) >= 11 is 0. The van der Waals surface area contributed by atoms with E-state index >= 15 is 0 Å². The smallest absolute Gasteiger partial charge is 0.271 e. The molecular formula is C22H19F2N3O2. The van der Waals surface area contributed by atoms with E-state index in [1.165, 1.54) is 30.0 Å². The van der Waals surface area contributed by atoms with Gasteiger partial charge in [0.05, 0.1) is 11.6 Å². The molecule has 0 radical (unpaired) electrons. The SMILES string of the molecule is CN1C(=O)C(C)(Cc2cc(F)cc(F)c2)N(C)C(=O)/C1=C/c1ccccc1C#N. The fourth-order valence-electron chi connectivity index (χ4n) is 3.49. The lowest BCUT2D eigenvalue weighted by molar-refractivity contribution is -0.155. The number of hydrogen-bond acceptors (Lipinski definition) is 3. The standard InChI is InChI=1S/C22H19F2N3O2/c1-22(12-14-8-17(23)11-18(24)9-14)21(29)26(2)19(20(28)27(22)3)10-15-6-4-5-7-16(15)13-25/h4-11H,12H2,1-3H3/b19-10-. The van der Waals surface area contributed by atoms with Crippen molar-refractivity contribution in [1.29, 1.82) is 5.26 Å². The van der Waals surface area contributed by atoms with Crippen molar-refractivity contribution in [3.05, 3.63) is 76.5 Å². The molecule has 148 valence electrons. The molecule has 7 heteroatoms. The summed E-state index contributed by atoms with van der Waals surface area (Å²) < 4.78 is 27.2. The molecule has 2 aromatic carbocycles. The molecule has 1 heterocycles. The van der Waals surface area contributed by atoms with E-state index in [0.717, 1.165) is 18.2 Å². The van der Waals surface area contributed by atoms with E-state index in [1.807, 2.05) is 0 Å². The zero-order valence-electron chi connectivity index (χ0n) is 16.2. The van der Waals surface area contributed by atoms with Gasteiger partial charge in [-0.1, -0.05) is 18.2 Å². The van der Waals surface area contributed by atoms with Crippen LogP contribution in [0.15, 0.2) is 48.2 Å². The van der Waals surface area contributed by atoms with Gasteiger partial charge in [-0.25, -0.2) is 8.78 Å². The molecule has 0 N–H and O–H groups in total. The average Bonchev–Trinajstić information content (AvgIpc) is 2.68. The zero-order valence-corrected chi connectivity index (χ0v) is 16.2. The number of benzene rings is 2. The summed E-state index contributed by atoms with van der Waals surface area (Å²) in [5.74, 6) is -2.32. The minimum absolute atomic E-state index is 0.0465. The molecule has 3 rings (SSSR count). The first-order valence-electron chi connectivity index (χ1n) is 8.89. The van der Waals surface area contributed by atoms with Crippen molar-refractivity contribution >= 4 is 17.9 Å². The summed E-state index contributed by atoms with van der Waals surface area (Å²) in [4.78, 5) is 28.7. The Balaban J connectivity index is 2.00. The summed E-state index contributed by atoms with van der Waals surface area (Å²) in [6, 6.07) is 11.8. The highest BCUT2D eigenvalue weighted by Crippen LogP contribution is 2.31. The number of carbonyl (C=O) groups excluding carboxylic acids is 2. The third-order valence-electron chi connectivity index (χ3n) is 5.23. The Hall–Kier alpha value is -3.53. The molecule has 1 saturated heterocycles. The van der Waals surface area contributed by atoms with Gasteiger partial charge in [0.2, 0.25) is 0 Å².